The Morgan fingerprint density at radius 1 is 0.500 bits per heavy atom. The molecule has 0 saturated carbocycles. The molecule has 0 radical (unpaired) electrons. The van der Waals surface area contributed by atoms with Gasteiger partial charge in [0.25, 0.3) is 0 Å². The third kappa shape index (κ3) is 4340. The largest absolute Gasteiger partial charge is 1.00 e. The van der Waals surface area contributed by atoms with Crippen LogP contribution in [0.4, 0.5) is 0 Å². The average molecular weight is 352 g/mol. The van der Waals surface area contributed by atoms with Gasteiger partial charge >= 0.3 is 51.4 Å². The van der Waals surface area contributed by atoms with E-state index in [9.17, 15) is 5.11 Å². The molecule has 136 valence electrons. The Labute approximate surface area is 181 Å². The number of rotatable bonds is 0. The molecule has 0 spiro atoms. The van der Waals surface area contributed by atoms with Crippen LogP contribution in [0.15, 0.2) is 0 Å². The van der Waals surface area contributed by atoms with Crippen molar-refractivity contribution in [2.24, 2.45) is 0 Å². The number of hydrogen-bond acceptors (Lipinski definition) is 5. The van der Waals surface area contributed by atoms with Crippen LogP contribution in [-0.4, -0.2) is 37.7 Å². The van der Waals surface area contributed by atoms with Crippen molar-refractivity contribution < 1.29 is 71.8 Å². The van der Waals surface area contributed by atoms with E-state index in [1.165, 1.54) is 0 Å². The quantitative estimate of drug-likeness (QED) is 0.445. The Kier molecular flexibility index (Phi) is 28.1. The van der Waals surface area contributed by atoms with Crippen molar-refractivity contribution in [3.63, 3.8) is 0 Å². The van der Waals surface area contributed by atoms with Crippen LogP contribution < -0.4 is 62.6 Å². The maximum Gasteiger partial charge on any atom is 1.00 e. The van der Waals surface area contributed by atoms with Crippen molar-refractivity contribution in [2.45, 2.75) is 105 Å². The molecule has 0 heterocycles. The van der Waals surface area contributed by atoms with Crippen LogP contribution in [0.3, 0.4) is 0 Å². The molecule has 0 aromatic carbocycles. The van der Waals surface area contributed by atoms with Crippen molar-refractivity contribution in [1.82, 2.24) is 6.15 Å². The molecule has 0 amide bonds. The van der Waals surface area contributed by atoms with Crippen molar-refractivity contribution >= 4 is 0 Å². The molecule has 6 N–H and O–H groups in total. The summed E-state index contributed by atoms with van der Waals surface area (Å²) in [5, 5.41) is 35.7. The van der Waals surface area contributed by atoms with Crippen LogP contribution in [0.25, 0.3) is 0 Å². The second kappa shape index (κ2) is 15.9. The Hall–Kier alpha value is 1.44. The van der Waals surface area contributed by atoms with Crippen LogP contribution in [0, 0.1) is 0 Å². The summed E-state index contributed by atoms with van der Waals surface area (Å²) >= 11 is 0. The minimum Gasteiger partial charge on any atom is -0.850 e. The Balaban J connectivity index is -0.0000000376. The molecule has 0 rings (SSSR count). The topological polar surface area (TPSA) is 119 Å². The van der Waals surface area contributed by atoms with Gasteiger partial charge in [-0.1, -0.05) is 20.8 Å². The first-order valence-corrected chi connectivity index (χ1v) is 6.87. The van der Waals surface area contributed by atoms with Gasteiger partial charge in [0.15, 0.2) is 0 Å². The molecule has 0 aliphatic carbocycles. The molecule has 0 bridgehead atoms. The van der Waals surface area contributed by atoms with Gasteiger partial charge in [-0.2, -0.15) is 0 Å². The fraction of sp³-hybridized carbons (Fsp3) is 1.00. The molecule has 0 saturated heterocycles. The summed E-state index contributed by atoms with van der Waals surface area (Å²) in [7, 11) is 0. The monoisotopic (exact) mass is 351 g/mol. The molecule has 0 fully saturated rings. The van der Waals surface area contributed by atoms with Crippen molar-refractivity contribution in [2.75, 3.05) is 0 Å². The van der Waals surface area contributed by atoms with E-state index in [4.69, 9.17) is 15.3 Å². The summed E-state index contributed by atoms with van der Waals surface area (Å²) in [6.45, 7) is 20.6. The number of aliphatic hydroxyl groups is 3. The maximum atomic E-state index is 10.1. The van der Waals surface area contributed by atoms with Gasteiger partial charge in [-0.15, -0.1) is 5.60 Å². The molecule has 6 heteroatoms. The zero-order chi connectivity index (χ0) is 18.0. The van der Waals surface area contributed by atoms with E-state index in [0.29, 0.717) is 0 Å². The first kappa shape index (κ1) is 38.8. The summed E-state index contributed by atoms with van der Waals surface area (Å²) < 4.78 is 0. The summed E-state index contributed by atoms with van der Waals surface area (Å²) in [5.41, 5.74) is -2.25. The van der Waals surface area contributed by atoms with E-state index in [2.05, 4.69) is 0 Å². The minimum absolute atomic E-state index is 0. The van der Waals surface area contributed by atoms with E-state index < -0.39 is 22.4 Å². The molecule has 0 unspecified atom stereocenters. The summed E-state index contributed by atoms with van der Waals surface area (Å²) in [6.07, 6.45) is 0. The SMILES string of the molecule is CC(C)(C)O.CC(C)(C)O.CC(C)(C)O.CC(C)(C)[O-].N.[K+]. The van der Waals surface area contributed by atoms with E-state index in [1.807, 2.05) is 0 Å². The van der Waals surface area contributed by atoms with Crippen LogP contribution in [0.5, 0.6) is 0 Å². The zero-order valence-electron chi connectivity index (χ0n) is 17.5. The fourth-order valence-corrected chi connectivity index (χ4v) is 0. The van der Waals surface area contributed by atoms with Crippen LogP contribution >= 0.6 is 0 Å². The Bertz CT molecular complexity index is 136. The Morgan fingerprint density at radius 2 is 0.500 bits per heavy atom. The molecule has 0 aliphatic heterocycles. The van der Waals surface area contributed by atoms with E-state index >= 15 is 0 Å². The summed E-state index contributed by atoms with van der Waals surface area (Å²) in [4.78, 5) is 0. The zero-order valence-corrected chi connectivity index (χ0v) is 20.6. The van der Waals surface area contributed by atoms with Crippen molar-refractivity contribution in [3.8, 4) is 0 Å². The maximum absolute atomic E-state index is 10.1. The van der Waals surface area contributed by atoms with Gasteiger partial charge in [0.05, 0.1) is 16.8 Å². The summed E-state index contributed by atoms with van der Waals surface area (Å²) in [5.74, 6) is 0. The molecular weight excluding hydrogens is 309 g/mol. The standard InChI is InChI=1S/3C4H10O.C4H9O.K.H3N/c4*1-4(2,3)5;;/h3*5H,1-3H3;1-3H3;;1H3/q;;;-1;+1;. The second-order valence-electron chi connectivity index (χ2n) is 8.62. The predicted molar refractivity (Wildman–Crippen MR) is 90.7 cm³/mol. The van der Waals surface area contributed by atoms with Crippen LogP contribution in [0.2, 0.25) is 0 Å². The first-order valence-electron chi connectivity index (χ1n) is 6.87. The normalized spacial score (nSPS) is 10.9. The minimum atomic E-state index is -0.750. The van der Waals surface area contributed by atoms with Crippen LogP contribution in [0.1, 0.15) is 83.1 Å². The molecule has 0 aromatic rings. The van der Waals surface area contributed by atoms with Crippen molar-refractivity contribution in [1.29, 1.82) is 0 Å². The average Bonchev–Trinajstić information content (AvgIpc) is 1.62. The van der Waals surface area contributed by atoms with Gasteiger partial charge in [0.1, 0.15) is 0 Å². The van der Waals surface area contributed by atoms with E-state index in [-0.39, 0.29) is 57.5 Å². The molecule has 0 aromatic heterocycles. The van der Waals surface area contributed by atoms with Gasteiger partial charge in [0.2, 0.25) is 0 Å². The van der Waals surface area contributed by atoms with Gasteiger partial charge in [-0.25, -0.2) is 0 Å². The number of hydrogen-bond donors (Lipinski definition) is 4. The molecule has 22 heavy (non-hydrogen) atoms. The fourth-order valence-electron chi connectivity index (χ4n) is 0. The Morgan fingerprint density at radius 3 is 0.500 bits per heavy atom. The van der Waals surface area contributed by atoms with Crippen LogP contribution in [-0.2, 0) is 0 Å². The third-order valence-corrected chi connectivity index (χ3v) is 0. The molecule has 0 aliphatic rings. The predicted octanol–water partition coefficient (Wildman–Crippen LogP) is -0.357. The van der Waals surface area contributed by atoms with E-state index in [1.54, 1.807) is 83.1 Å². The first-order chi connectivity index (χ1) is 8.00. The van der Waals surface area contributed by atoms with Gasteiger partial charge in [-0.05, 0) is 62.3 Å². The summed E-state index contributed by atoms with van der Waals surface area (Å²) in [6, 6.07) is 0. The second-order valence-corrected chi connectivity index (χ2v) is 8.62. The third-order valence-electron chi connectivity index (χ3n) is 0. The molecule has 5 nitrogen and oxygen atoms in total. The van der Waals surface area contributed by atoms with Crippen molar-refractivity contribution in [3.05, 3.63) is 0 Å². The van der Waals surface area contributed by atoms with Gasteiger partial charge in [0, 0.05) is 0 Å². The van der Waals surface area contributed by atoms with E-state index in [0.717, 1.165) is 0 Å². The molecule has 0 atom stereocenters. The van der Waals surface area contributed by atoms with Gasteiger partial charge < -0.3 is 26.6 Å². The smallest absolute Gasteiger partial charge is 0.850 e. The molecular formula is C16H42KNO4. The van der Waals surface area contributed by atoms with Gasteiger partial charge in [-0.3, -0.25) is 0 Å².